The van der Waals surface area contributed by atoms with Gasteiger partial charge >= 0.3 is 0 Å². The summed E-state index contributed by atoms with van der Waals surface area (Å²) in [4.78, 5) is 9.71. The molecule has 0 fully saturated rings. The molecule has 0 aliphatic heterocycles. The second-order valence-electron chi connectivity index (χ2n) is 5.36. The first-order valence-electron chi connectivity index (χ1n) is 9.12. The van der Waals surface area contributed by atoms with Gasteiger partial charge in [0.1, 0.15) is 5.82 Å². The largest absolute Gasteiger partial charge is 0.422 e. The van der Waals surface area contributed by atoms with Gasteiger partial charge in [0.2, 0.25) is 5.75 Å². The van der Waals surface area contributed by atoms with E-state index in [2.05, 4.69) is 18.6 Å². The molecule has 1 aromatic rings. The van der Waals surface area contributed by atoms with E-state index in [0.717, 1.165) is 26.1 Å². The Morgan fingerprint density at radius 3 is 1.39 bits per heavy atom. The average molecular weight is 410 g/mol. The van der Waals surface area contributed by atoms with Crippen molar-refractivity contribution in [3.8, 4) is 5.75 Å². The van der Waals surface area contributed by atoms with Crippen molar-refractivity contribution in [1.29, 1.82) is 0 Å². The molecule has 0 heterocycles. The van der Waals surface area contributed by atoms with E-state index in [0.29, 0.717) is 51.8 Å². The van der Waals surface area contributed by atoms with Gasteiger partial charge in [0.25, 0.3) is 6.47 Å². The van der Waals surface area contributed by atoms with Crippen LogP contribution in [0.4, 0.5) is 13.2 Å². The van der Waals surface area contributed by atoms with E-state index in [4.69, 9.17) is 18.9 Å². The van der Waals surface area contributed by atoms with Crippen LogP contribution in [-0.2, 0) is 23.7 Å². The van der Waals surface area contributed by atoms with Crippen LogP contribution in [0.1, 0.15) is 26.7 Å². The molecule has 0 atom stereocenters. The molecule has 1 aromatic carbocycles. The van der Waals surface area contributed by atoms with Gasteiger partial charge in [0, 0.05) is 25.3 Å². The van der Waals surface area contributed by atoms with Gasteiger partial charge in [-0.1, -0.05) is 13.8 Å². The lowest BCUT2D eigenvalue weighted by molar-refractivity contribution is -0.121. The number of halogens is 3. The second-order valence-corrected chi connectivity index (χ2v) is 5.36. The summed E-state index contributed by atoms with van der Waals surface area (Å²) in [7, 11) is 0. The summed E-state index contributed by atoms with van der Waals surface area (Å²) in [6.45, 7) is 9.58. The van der Waals surface area contributed by atoms with E-state index in [1.807, 2.05) is 0 Å². The summed E-state index contributed by atoms with van der Waals surface area (Å²) in [6, 6.07) is 0.837. The standard InChI is InChI=1S/C12H26O4.C7H3F3O2/c1-3-5-13-7-9-15-11-12-16-10-8-14-6-4-2;8-4-1-5(9)7(12-3-11)6(10)2-4/h3-12H2,1-2H3;1-3H. The smallest absolute Gasteiger partial charge is 0.298 e. The van der Waals surface area contributed by atoms with Crippen molar-refractivity contribution in [2.75, 3.05) is 52.9 Å². The third-order valence-corrected chi connectivity index (χ3v) is 2.94. The molecule has 0 amide bonds. The zero-order valence-electron chi connectivity index (χ0n) is 16.4. The zero-order valence-corrected chi connectivity index (χ0v) is 16.4. The summed E-state index contributed by atoms with van der Waals surface area (Å²) < 4.78 is 62.4. The van der Waals surface area contributed by atoms with Gasteiger partial charge in [-0.25, -0.2) is 13.2 Å². The maximum Gasteiger partial charge on any atom is 0.298 e. The molecule has 0 N–H and O–H groups in total. The fourth-order valence-electron chi connectivity index (χ4n) is 1.74. The zero-order chi connectivity index (χ0) is 21.0. The fourth-order valence-corrected chi connectivity index (χ4v) is 1.74. The highest BCUT2D eigenvalue weighted by Crippen LogP contribution is 2.21. The highest BCUT2D eigenvalue weighted by molar-refractivity contribution is 5.45. The Morgan fingerprint density at radius 1 is 0.714 bits per heavy atom. The number of carbonyl (C=O) groups excluding carboxylic acids is 1. The van der Waals surface area contributed by atoms with E-state index in [1.54, 1.807) is 0 Å². The maximum atomic E-state index is 12.5. The van der Waals surface area contributed by atoms with Gasteiger partial charge in [-0.05, 0) is 12.8 Å². The lowest BCUT2D eigenvalue weighted by Crippen LogP contribution is -2.12. The molecule has 0 aromatic heterocycles. The molecule has 0 saturated carbocycles. The Kier molecular flexibility index (Phi) is 17.6. The van der Waals surface area contributed by atoms with Gasteiger partial charge in [-0.3, -0.25) is 4.79 Å². The van der Waals surface area contributed by atoms with E-state index < -0.39 is 23.2 Å². The third-order valence-electron chi connectivity index (χ3n) is 2.94. The fraction of sp³-hybridized carbons (Fsp3) is 0.632. The van der Waals surface area contributed by atoms with Crippen LogP contribution in [0.25, 0.3) is 0 Å². The van der Waals surface area contributed by atoms with Crippen LogP contribution in [0.2, 0.25) is 0 Å². The summed E-state index contributed by atoms with van der Waals surface area (Å²) >= 11 is 0. The number of carbonyl (C=O) groups is 1. The minimum Gasteiger partial charge on any atom is -0.422 e. The number of rotatable bonds is 15. The number of hydrogen-bond acceptors (Lipinski definition) is 6. The van der Waals surface area contributed by atoms with E-state index in [-0.39, 0.29) is 6.47 Å². The van der Waals surface area contributed by atoms with Crippen molar-refractivity contribution in [1.82, 2.24) is 0 Å². The van der Waals surface area contributed by atoms with Crippen LogP contribution in [0, 0.1) is 17.5 Å². The van der Waals surface area contributed by atoms with Crippen LogP contribution >= 0.6 is 0 Å². The molecule has 0 spiro atoms. The molecule has 9 heteroatoms. The lowest BCUT2D eigenvalue weighted by atomic mass is 10.3. The number of hydrogen-bond donors (Lipinski definition) is 0. The van der Waals surface area contributed by atoms with Crippen LogP contribution < -0.4 is 4.74 Å². The SMILES string of the molecule is CCCOCCOCCOCCOCCC.O=COc1c(F)cc(F)cc1F. The molecule has 28 heavy (non-hydrogen) atoms. The van der Waals surface area contributed by atoms with Crippen LogP contribution in [0.15, 0.2) is 12.1 Å². The molecule has 0 radical (unpaired) electrons. The molecule has 0 unspecified atom stereocenters. The molecular formula is C19H29F3O6. The Balaban J connectivity index is 0.000000540. The van der Waals surface area contributed by atoms with Crippen molar-refractivity contribution in [3.05, 3.63) is 29.6 Å². The van der Waals surface area contributed by atoms with Crippen molar-refractivity contribution < 1.29 is 41.7 Å². The van der Waals surface area contributed by atoms with E-state index in [9.17, 15) is 18.0 Å². The normalized spacial score (nSPS) is 10.3. The molecule has 6 nitrogen and oxygen atoms in total. The van der Waals surface area contributed by atoms with Gasteiger partial charge < -0.3 is 23.7 Å². The minimum absolute atomic E-state index is 0.139. The van der Waals surface area contributed by atoms with Crippen LogP contribution in [0.5, 0.6) is 5.75 Å². The Morgan fingerprint density at radius 2 is 1.07 bits per heavy atom. The lowest BCUT2D eigenvalue weighted by Gasteiger charge is -2.06. The molecule has 0 aliphatic carbocycles. The van der Waals surface area contributed by atoms with Gasteiger partial charge in [-0.15, -0.1) is 0 Å². The Labute approximate surface area is 163 Å². The molecular weight excluding hydrogens is 381 g/mol. The van der Waals surface area contributed by atoms with E-state index >= 15 is 0 Å². The third kappa shape index (κ3) is 14.4. The molecule has 1 rings (SSSR count). The minimum atomic E-state index is -1.25. The quantitative estimate of drug-likeness (QED) is 0.326. The predicted molar refractivity (Wildman–Crippen MR) is 96.9 cm³/mol. The van der Waals surface area contributed by atoms with E-state index in [1.165, 1.54) is 0 Å². The number of benzene rings is 1. The molecule has 162 valence electrons. The molecule has 0 bridgehead atoms. The summed E-state index contributed by atoms with van der Waals surface area (Å²) in [5.41, 5.74) is 0. The first-order chi connectivity index (χ1) is 13.6. The first-order valence-corrected chi connectivity index (χ1v) is 9.12. The first kappa shape index (κ1) is 26.3. The summed E-state index contributed by atoms with van der Waals surface area (Å²) in [5, 5.41) is 0. The Hall–Kier alpha value is -1.68. The molecule has 0 saturated heterocycles. The topological polar surface area (TPSA) is 63.2 Å². The van der Waals surface area contributed by atoms with Crippen LogP contribution in [0.3, 0.4) is 0 Å². The highest BCUT2D eigenvalue weighted by atomic mass is 19.1. The highest BCUT2D eigenvalue weighted by Gasteiger charge is 2.12. The van der Waals surface area contributed by atoms with Crippen molar-refractivity contribution in [3.63, 3.8) is 0 Å². The number of ether oxygens (including phenoxy) is 5. The monoisotopic (exact) mass is 410 g/mol. The van der Waals surface area contributed by atoms with Crippen molar-refractivity contribution >= 4 is 6.47 Å². The van der Waals surface area contributed by atoms with Crippen molar-refractivity contribution in [2.24, 2.45) is 0 Å². The average Bonchev–Trinajstić information content (AvgIpc) is 2.66. The van der Waals surface area contributed by atoms with Gasteiger partial charge in [-0.2, -0.15) is 0 Å². The Bertz CT molecular complexity index is 479. The van der Waals surface area contributed by atoms with Crippen LogP contribution in [-0.4, -0.2) is 59.3 Å². The summed E-state index contributed by atoms with van der Waals surface area (Å²) in [6.07, 6.45) is 2.11. The van der Waals surface area contributed by atoms with Gasteiger partial charge in [0.05, 0.1) is 39.6 Å². The summed E-state index contributed by atoms with van der Waals surface area (Å²) in [5.74, 6) is -4.46. The second kappa shape index (κ2) is 18.7. The maximum absolute atomic E-state index is 12.5. The molecule has 0 aliphatic rings. The predicted octanol–water partition coefficient (Wildman–Crippen LogP) is 3.51. The van der Waals surface area contributed by atoms with Crippen molar-refractivity contribution in [2.45, 2.75) is 26.7 Å². The van der Waals surface area contributed by atoms with Gasteiger partial charge in [0.15, 0.2) is 11.6 Å².